The molecule has 1 aromatic rings. The molecule has 90 valence electrons. The Balaban J connectivity index is 3.02. The second kappa shape index (κ2) is 6.30. The van der Waals surface area contributed by atoms with E-state index in [1.54, 1.807) is 18.2 Å². The van der Waals surface area contributed by atoms with Crippen LogP contribution in [0.15, 0.2) is 22.7 Å². The number of hydrogen-bond acceptors (Lipinski definition) is 3. The average molecular weight is 299 g/mol. The van der Waals surface area contributed by atoms with Crippen molar-refractivity contribution in [1.82, 2.24) is 0 Å². The lowest BCUT2D eigenvalue weighted by atomic mass is 10.0. The lowest BCUT2D eigenvalue weighted by Gasteiger charge is -2.05. The topological polar surface area (TPSA) is 82.9 Å². The Morgan fingerprint density at radius 1 is 1.53 bits per heavy atom. The van der Waals surface area contributed by atoms with Crippen LogP contribution < -0.4 is 0 Å². The quantitative estimate of drug-likeness (QED) is 0.394. The number of benzene rings is 1. The number of carbonyl (C=O) groups is 1. The van der Waals surface area contributed by atoms with Crippen LogP contribution in [-0.2, 0) is 22.6 Å². The lowest BCUT2D eigenvalue weighted by Crippen LogP contribution is -2.20. The first-order chi connectivity index (χ1) is 8.12. The van der Waals surface area contributed by atoms with E-state index in [1.165, 1.54) is 7.11 Å². The molecule has 0 bridgehead atoms. The average Bonchev–Trinajstić information content (AvgIpc) is 2.36. The molecule has 0 aliphatic heterocycles. The van der Waals surface area contributed by atoms with Crippen LogP contribution in [-0.4, -0.2) is 28.7 Å². The van der Waals surface area contributed by atoms with Crippen LogP contribution in [0.5, 0.6) is 0 Å². The Bertz CT molecular complexity index is 482. The number of aliphatic hydroxyl groups is 1. The van der Waals surface area contributed by atoms with Crippen LogP contribution in [0, 0.1) is 0 Å². The maximum Gasteiger partial charge on any atom is 0.416 e. The molecule has 0 atom stereocenters. The maximum atomic E-state index is 11.2. The number of esters is 1. The van der Waals surface area contributed by atoms with Crippen molar-refractivity contribution in [1.29, 1.82) is 0 Å². The first-order valence-electron chi connectivity index (χ1n) is 4.79. The van der Waals surface area contributed by atoms with Crippen molar-refractivity contribution < 1.29 is 19.4 Å². The van der Waals surface area contributed by atoms with Crippen LogP contribution in [0.25, 0.3) is 5.53 Å². The van der Waals surface area contributed by atoms with Crippen molar-refractivity contribution in [3.63, 3.8) is 0 Å². The molecule has 17 heavy (non-hydrogen) atoms. The van der Waals surface area contributed by atoms with E-state index in [-0.39, 0.29) is 18.7 Å². The molecule has 0 unspecified atom stereocenters. The van der Waals surface area contributed by atoms with E-state index in [2.05, 4.69) is 25.5 Å². The second-order valence-electron chi connectivity index (χ2n) is 3.29. The number of aliphatic hydroxyl groups excluding tert-OH is 1. The first kappa shape index (κ1) is 13.6. The Morgan fingerprint density at radius 3 is 2.76 bits per heavy atom. The van der Waals surface area contributed by atoms with Crippen molar-refractivity contribution in [2.45, 2.75) is 13.0 Å². The normalized spacial score (nSPS) is 9.59. The Kier molecular flexibility index (Phi) is 5.03. The fraction of sp³-hybridized carbons (Fsp3) is 0.273. The van der Waals surface area contributed by atoms with Gasteiger partial charge in [0.2, 0.25) is 0 Å². The van der Waals surface area contributed by atoms with Crippen molar-refractivity contribution in [3.05, 3.63) is 39.3 Å². The third-order valence-electron chi connectivity index (χ3n) is 2.24. The molecule has 0 aliphatic rings. The standard InChI is InChI=1S/C11H11BrN2O3/c1-17-11(16)10(14-13)5-7-2-3-9(12)4-8(7)6-15/h2-4,15H,5-6H2,1H3. The van der Waals surface area contributed by atoms with Gasteiger partial charge in [-0.15, -0.1) is 0 Å². The minimum absolute atomic E-state index is 0.104. The summed E-state index contributed by atoms with van der Waals surface area (Å²) in [6, 6.07) is 5.26. The fourth-order valence-corrected chi connectivity index (χ4v) is 1.77. The molecule has 0 aromatic heterocycles. The monoisotopic (exact) mass is 298 g/mol. The van der Waals surface area contributed by atoms with Crippen LogP contribution >= 0.6 is 15.9 Å². The maximum absolute atomic E-state index is 11.2. The van der Waals surface area contributed by atoms with Gasteiger partial charge in [-0.3, -0.25) is 0 Å². The number of carbonyl (C=O) groups excluding carboxylic acids is 1. The number of nitrogens with zero attached hydrogens (tertiary/aromatic N) is 2. The Hall–Kier alpha value is -1.49. The number of halogens is 1. The van der Waals surface area contributed by atoms with Gasteiger partial charge in [-0.25, -0.2) is 4.79 Å². The van der Waals surface area contributed by atoms with Crippen molar-refractivity contribution in [3.8, 4) is 0 Å². The molecule has 5 nitrogen and oxygen atoms in total. The smallest absolute Gasteiger partial charge is 0.416 e. The van der Waals surface area contributed by atoms with Gasteiger partial charge in [-0.05, 0) is 23.3 Å². The number of ether oxygens (including phenoxy) is 1. The Labute approximate surface area is 107 Å². The minimum Gasteiger partial charge on any atom is -0.460 e. The summed E-state index contributed by atoms with van der Waals surface area (Å²) in [7, 11) is 1.21. The summed E-state index contributed by atoms with van der Waals surface area (Å²) < 4.78 is 5.30. The van der Waals surface area contributed by atoms with Gasteiger partial charge >= 0.3 is 11.7 Å². The van der Waals surface area contributed by atoms with Gasteiger partial charge in [0.05, 0.1) is 20.1 Å². The molecule has 0 saturated heterocycles. The van der Waals surface area contributed by atoms with Gasteiger partial charge in [0, 0.05) is 4.47 Å². The van der Waals surface area contributed by atoms with Crippen molar-refractivity contribution in [2.75, 3.05) is 7.11 Å². The third-order valence-corrected chi connectivity index (χ3v) is 2.73. The highest BCUT2D eigenvalue weighted by atomic mass is 79.9. The molecule has 1 aromatic carbocycles. The van der Waals surface area contributed by atoms with Gasteiger partial charge in [-0.2, -0.15) is 4.79 Å². The van der Waals surface area contributed by atoms with E-state index in [1.807, 2.05) is 0 Å². The Morgan fingerprint density at radius 2 is 2.24 bits per heavy atom. The molecule has 0 amide bonds. The molecule has 0 heterocycles. The summed E-state index contributed by atoms with van der Waals surface area (Å²) in [5.74, 6) is -0.695. The molecule has 0 spiro atoms. The summed E-state index contributed by atoms with van der Waals surface area (Å²) in [6.45, 7) is -0.158. The van der Waals surface area contributed by atoms with Gasteiger partial charge in [-0.1, -0.05) is 22.0 Å². The molecule has 0 aliphatic carbocycles. The number of rotatable bonds is 4. The summed E-state index contributed by atoms with van der Waals surface area (Å²) in [4.78, 5) is 14.1. The second-order valence-corrected chi connectivity index (χ2v) is 4.20. The fourth-order valence-electron chi connectivity index (χ4n) is 1.36. The molecule has 1 N–H and O–H groups in total. The lowest BCUT2D eigenvalue weighted by molar-refractivity contribution is -0.137. The minimum atomic E-state index is -0.695. The first-order valence-corrected chi connectivity index (χ1v) is 5.59. The predicted molar refractivity (Wildman–Crippen MR) is 64.4 cm³/mol. The highest BCUT2D eigenvalue weighted by Gasteiger charge is 2.22. The molecule has 0 radical (unpaired) electrons. The zero-order valence-corrected chi connectivity index (χ0v) is 10.8. The molecule has 6 heteroatoms. The third kappa shape index (κ3) is 3.49. The highest BCUT2D eigenvalue weighted by molar-refractivity contribution is 9.10. The number of methoxy groups -OCH3 is 1. The van der Waals surface area contributed by atoms with E-state index in [4.69, 9.17) is 5.53 Å². The SMILES string of the molecule is COC(=O)C(Cc1ccc(Br)cc1CO)=[N+]=[N-]. The molecule has 0 saturated carbocycles. The van der Waals surface area contributed by atoms with E-state index < -0.39 is 5.97 Å². The van der Waals surface area contributed by atoms with Gasteiger partial charge in [0.15, 0.2) is 0 Å². The van der Waals surface area contributed by atoms with Crippen molar-refractivity contribution >= 4 is 27.6 Å². The van der Waals surface area contributed by atoms with Crippen LogP contribution in [0.4, 0.5) is 0 Å². The summed E-state index contributed by atoms with van der Waals surface area (Å²) in [6.07, 6.45) is 0.104. The highest BCUT2D eigenvalue weighted by Crippen LogP contribution is 2.17. The van der Waals surface area contributed by atoms with E-state index in [0.29, 0.717) is 11.1 Å². The molecular formula is C11H11BrN2O3. The predicted octanol–water partition coefficient (Wildman–Crippen LogP) is 1.33. The molecule has 0 fully saturated rings. The van der Waals surface area contributed by atoms with Gasteiger partial charge in [0.25, 0.3) is 0 Å². The van der Waals surface area contributed by atoms with Gasteiger partial charge in [0.1, 0.15) is 0 Å². The van der Waals surface area contributed by atoms with E-state index in [9.17, 15) is 9.90 Å². The molecular weight excluding hydrogens is 288 g/mol. The largest absolute Gasteiger partial charge is 0.460 e. The van der Waals surface area contributed by atoms with Gasteiger partial charge < -0.3 is 15.4 Å². The molecule has 1 rings (SSSR count). The van der Waals surface area contributed by atoms with E-state index >= 15 is 0 Å². The zero-order valence-electron chi connectivity index (χ0n) is 9.18. The zero-order chi connectivity index (χ0) is 12.8. The van der Waals surface area contributed by atoms with Crippen molar-refractivity contribution in [2.24, 2.45) is 0 Å². The van der Waals surface area contributed by atoms with Crippen LogP contribution in [0.3, 0.4) is 0 Å². The van der Waals surface area contributed by atoms with Crippen LogP contribution in [0.2, 0.25) is 0 Å². The summed E-state index contributed by atoms with van der Waals surface area (Å²) in [5.41, 5.74) is 9.98. The van der Waals surface area contributed by atoms with Crippen LogP contribution in [0.1, 0.15) is 11.1 Å². The van der Waals surface area contributed by atoms with E-state index in [0.717, 1.165) is 4.47 Å². The number of hydrogen-bond donors (Lipinski definition) is 1. The summed E-state index contributed by atoms with van der Waals surface area (Å²) >= 11 is 3.28. The summed E-state index contributed by atoms with van der Waals surface area (Å²) in [5, 5.41) is 9.18.